The molecule has 2 rings (SSSR count). The molecule has 0 amide bonds. The number of hydrogen-bond donors (Lipinski definition) is 1. The van der Waals surface area contributed by atoms with Crippen LogP contribution >= 0.6 is 0 Å². The third-order valence-electron chi connectivity index (χ3n) is 4.18. The normalized spacial score (nSPS) is 12.0. The van der Waals surface area contributed by atoms with Gasteiger partial charge in [-0.15, -0.1) is 0 Å². The van der Waals surface area contributed by atoms with Crippen LogP contribution in [-0.2, 0) is 14.8 Å². The number of nitrogens with one attached hydrogen (secondary N) is 1. The van der Waals surface area contributed by atoms with E-state index >= 15 is 0 Å². The molecule has 0 saturated heterocycles. The highest BCUT2D eigenvalue weighted by molar-refractivity contribution is 7.90. The lowest BCUT2D eigenvalue weighted by Gasteiger charge is -2.25. The van der Waals surface area contributed by atoms with E-state index in [-0.39, 0.29) is 19.0 Å². The van der Waals surface area contributed by atoms with Crippen molar-refractivity contribution in [2.75, 3.05) is 19.8 Å². The summed E-state index contributed by atoms with van der Waals surface area (Å²) in [6.07, 6.45) is 0.736. The summed E-state index contributed by atoms with van der Waals surface area (Å²) in [4.78, 5) is 0. The second kappa shape index (κ2) is 9.19. The summed E-state index contributed by atoms with van der Waals surface area (Å²) in [5.41, 5.74) is 0.675. The van der Waals surface area contributed by atoms with Gasteiger partial charge in [-0.1, -0.05) is 25.1 Å². The first-order valence-electron chi connectivity index (χ1n) is 8.87. The molecule has 0 aliphatic heterocycles. The fourth-order valence-electron chi connectivity index (χ4n) is 2.40. The van der Waals surface area contributed by atoms with Crippen molar-refractivity contribution >= 4 is 10.0 Å². The molecule has 0 aliphatic carbocycles. The number of halogens is 1. The lowest BCUT2D eigenvalue weighted by atomic mass is 10.0. The minimum Gasteiger partial charge on any atom is -0.490 e. The average molecular weight is 395 g/mol. The molecule has 0 heterocycles. The minimum absolute atomic E-state index is 0.270. The van der Waals surface area contributed by atoms with Gasteiger partial charge in [0, 0.05) is 12.6 Å². The number of rotatable bonds is 10. The van der Waals surface area contributed by atoms with Crippen molar-refractivity contribution in [3.05, 3.63) is 59.9 Å². The lowest BCUT2D eigenvalue weighted by Crippen LogP contribution is -2.39. The Hall–Kier alpha value is -2.12. The minimum atomic E-state index is -3.48. The Bertz CT molecular complexity index is 835. The molecule has 2 aromatic carbocycles. The topological polar surface area (TPSA) is 64.6 Å². The molecule has 7 heteroatoms. The molecule has 2 aromatic rings. The molecule has 148 valence electrons. The predicted molar refractivity (Wildman–Crippen MR) is 104 cm³/mol. The molecule has 27 heavy (non-hydrogen) atoms. The molecule has 0 unspecified atom stereocenters. The van der Waals surface area contributed by atoms with E-state index in [1.807, 2.05) is 6.92 Å². The maximum atomic E-state index is 13.1. The zero-order chi connectivity index (χ0) is 19.9. The van der Waals surface area contributed by atoms with E-state index in [9.17, 15) is 12.8 Å². The maximum absolute atomic E-state index is 13.1. The lowest BCUT2D eigenvalue weighted by molar-refractivity contribution is 0.216. The highest BCUT2D eigenvalue weighted by Gasteiger charge is 2.35. The van der Waals surface area contributed by atoms with Crippen LogP contribution < -0.4 is 14.2 Å². The Labute approximate surface area is 160 Å². The van der Waals surface area contributed by atoms with Crippen molar-refractivity contribution in [3.63, 3.8) is 0 Å². The largest absolute Gasteiger partial charge is 0.490 e. The quantitative estimate of drug-likeness (QED) is 0.621. The fourth-order valence-corrected chi connectivity index (χ4v) is 3.68. The summed E-state index contributed by atoms with van der Waals surface area (Å²) in [5.74, 6) is 0.701. The Morgan fingerprint density at radius 3 is 2.22 bits per heavy atom. The first-order chi connectivity index (χ1) is 12.8. The van der Waals surface area contributed by atoms with Crippen LogP contribution in [0.1, 0.15) is 32.8 Å². The van der Waals surface area contributed by atoms with Crippen LogP contribution in [0, 0.1) is 5.82 Å². The Morgan fingerprint density at radius 2 is 1.63 bits per heavy atom. The van der Waals surface area contributed by atoms with Crippen LogP contribution in [0.5, 0.6) is 11.5 Å². The SMILES string of the molecule is CCCNS(=O)(=O)C(C)(C)c1ccc(OCCOc2cccc(F)c2)cc1. The van der Waals surface area contributed by atoms with Crippen LogP contribution in [0.15, 0.2) is 48.5 Å². The highest BCUT2D eigenvalue weighted by Crippen LogP contribution is 2.30. The van der Waals surface area contributed by atoms with Crippen LogP contribution in [0.25, 0.3) is 0 Å². The van der Waals surface area contributed by atoms with E-state index < -0.39 is 14.8 Å². The van der Waals surface area contributed by atoms with Gasteiger partial charge in [0.1, 0.15) is 35.3 Å². The van der Waals surface area contributed by atoms with Gasteiger partial charge in [0.15, 0.2) is 0 Å². The molecule has 0 fully saturated rings. The van der Waals surface area contributed by atoms with Gasteiger partial charge in [-0.2, -0.15) is 0 Å². The van der Waals surface area contributed by atoms with E-state index in [1.54, 1.807) is 50.2 Å². The number of benzene rings is 2. The summed E-state index contributed by atoms with van der Waals surface area (Å²) in [7, 11) is -3.48. The molecular formula is C20H26FNO4S. The third kappa shape index (κ3) is 5.68. The molecule has 0 bridgehead atoms. The van der Waals surface area contributed by atoms with Gasteiger partial charge in [0.05, 0.1) is 0 Å². The standard InChI is InChI=1S/C20H26FNO4S/c1-4-12-22-27(23,24)20(2,3)16-8-10-18(11-9-16)25-13-14-26-19-7-5-6-17(21)15-19/h5-11,15,22H,4,12-14H2,1-3H3. The first kappa shape index (κ1) is 21.2. The van der Waals surface area contributed by atoms with E-state index in [0.29, 0.717) is 23.6 Å². The maximum Gasteiger partial charge on any atom is 0.221 e. The second-order valence-electron chi connectivity index (χ2n) is 6.59. The smallest absolute Gasteiger partial charge is 0.221 e. The van der Waals surface area contributed by atoms with Crippen molar-refractivity contribution in [3.8, 4) is 11.5 Å². The first-order valence-corrected chi connectivity index (χ1v) is 10.4. The molecule has 0 spiro atoms. The van der Waals surface area contributed by atoms with E-state index in [0.717, 1.165) is 6.42 Å². The second-order valence-corrected chi connectivity index (χ2v) is 8.90. The van der Waals surface area contributed by atoms with Crippen molar-refractivity contribution < 1.29 is 22.3 Å². The fraction of sp³-hybridized carbons (Fsp3) is 0.400. The molecule has 0 atom stereocenters. The Morgan fingerprint density at radius 1 is 1.00 bits per heavy atom. The Balaban J connectivity index is 1.90. The van der Waals surface area contributed by atoms with Crippen LogP contribution in [0.4, 0.5) is 4.39 Å². The van der Waals surface area contributed by atoms with Crippen molar-refractivity contribution in [2.24, 2.45) is 0 Å². The van der Waals surface area contributed by atoms with Crippen LogP contribution in [-0.4, -0.2) is 28.2 Å². The molecule has 0 aromatic heterocycles. The van der Waals surface area contributed by atoms with Crippen LogP contribution in [0.3, 0.4) is 0 Å². The highest BCUT2D eigenvalue weighted by atomic mass is 32.2. The summed E-state index contributed by atoms with van der Waals surface area (Å²) >= 11 is 0. The van der Waals surface area contributed by atoms with Crippen molar-refractivity contribution in [1.82, 2.24) is 4.72 Å². The summed E-state index contributed by atoms with van der Waals surface area (Å²) in [5, 5.41) is 0. The van der Waals surface area contributed by atoms with Crippen LogP contribution in [0.2, 0.25) is 0 Å². The molecule has 0 aliphatic rings. The van der Waals surface area contributed by atoms with E-state index in [2.05, 4.69) is 4.72 Å². The molecule has 0 radical (unpaired) electrons. The van der Waals surface area contributed by atoms with Gasteiger partial charge in [0.2, 0.25) is 10.0 Å². The zero-order valence-electron chi connectivity index (χ0n) is 15.9. The summed E-state index contributed by atoms with van der Waals surface area (Å²) in [6.45, 7) is 6.24. The molecule has 5 nitrogen and oxygen atoms in total. The Kier molecular flexibility index (Phi) is 7.21. The zero-order valence-corrected chi connectivity index (χ0v) is 16.7. The summed E-state index contributed by atoms with van der Waals surface area (Å²) in [6, 6.07) is 12.9. The molecule has 1 N–H and O–H groups in total. The number of ether oxygens (including phenoxy) is 2. The van der Waals surface area contributed by atoms with Gasteiger partial charge >= 0.3 is 0 Å². The number of sulfonamides is 1. The van der Waals surface area contributed by atoms with Gasteiger partial charge in [0.25, 0.3) is 0 Å². The third-order valence-corrected chi connectivity index (χ3v) is 6.34. The van der Waals surface area contributed by atoms with Crippen molar-refractivity contribution in [2.45, 2.75) is 31.9 Å². The summed E-state index contributed by atoms with van der Waals surface area (Å²) < 4.78 is 50.6. The van der Waals surface area contributed by atoms with E-state index in [1.165, 1.54) is 12.1 Å². The molecule has 0 saturated carbocycles. The van der Waals surface area contributed by atoms with E-state index in [4.69, 9.17) is 9.47 Å². The van der Waals surface area contributed by atoms with Gasteiger partial charge in [-0.25, -0.2) is 17.5 Å². The van der Waals surface area contributed by atoms with Gasteiger partial charge in [-0.3, -0.25) is 0 Å². The number of hydrogen-bond acceptors (Lipinski definition) is 4. The van der Waals surface area contributed by atoms with Crippen molar-refractivity contribution in [1.29, 1.82) is 0 Å². The monoisotopic (exact) mass is 395 g/mol. The molecular weight excluding hydrogens is 369 g/mol. The van der Waals surface area contributed by atoms with Gasteiger partial charge < -0.3 is 9.47 Å². The van der Waals surface area contributed by atoms with Gasteiger partial charge in [-0.05, 0) is 50.1 Å². The average Bonchev–Trinajstić information content (AvgIpc) is 2.64. The predicted octanol–water partition coefficient (Wildman–Crippen LogP) is 3.85.